The number of aryl methyl sites for hydroxylation is 1. The van der Waals surface area contributed by atoms with Gasteiger partial charge in [0.15, 0.2) is 6.29 Å². The number of likely N-dealkylation sites (tertiary alicyclic amines) is 1. The average Bonchev–Trinajstić information content (AvgIpc) is 2.87. The van der Waals surface area contributed by atoms with Crippen molar-refractivity contribution in [2.45, 2.75) is 32.7 Å². The fourth-order valence-corrected chi connectivity index (χ4v) is 3.09. The number of hydrogen-bond acceptors (Lipinski definition) is 3. The quantitative estimate of drug-likeness (QED) is 0.731. The van der Waals surface area contributed by atoms with Crippen LogP contribution in [0.3, 0.4) is 0 Å². The van der Waals surface area contributed by atoms with E-state index >= 15 is 0 Å². The first kappa shape index (κ1) is 10.8. The van der Waals surface area contributed by atoms with Crippen LogP contribution in [0.1, 0.15) is 39.9 Å². The van der Waals surface area contributed by atoms with Crippen molar-refractivity contribution in [3.05, 3.63) is 21.4 Å². The molecule has 0 saturated carbocycles. The van der Waals surface area contributed by atoms with Gasteiger partial charge in [0.05, 0.1) is 4.88 Å². The first-order chi connectivity index (χ1) is 7.33. The lowest BCUT2D eigenvalue weighted by atomic mass is 10.2. The molecule has 2 heterocycles. The minimum Gasteiger partial charge on any atom is -0.299 e. The van der Waals surface area contributed by atoms with Crippen LogP contribution in [-0.4, -0.2) is 24.3 Å². The largest absolute Gasteiger partial charge is 0.299 e. The fraction of sp³-hybridized carbons (Fsp3) is 0.583. The van der Waals surface area contributed by atoms with Crippen LogP contribution in [0.2, 0.25) is 0 Å². The van der Waals surface area contributed by atoms with Crippen molar-refractivity contribution in [2.24, 2.45) is 0 Å². The van der Waals surface area contributed by atoms with Gasteiger partial charge in [-0.2, -0.15) is 0 Å². The van der Waals surface area contributed by atoms with Crippen LogP contribution in [-0.2, 0) is 13.0 Å². The Kier molecular flexibility index (Phi) is 3.54. The lowest BCUT2D eigenvalue weighted by molar-refractivity contribution is 0.112. The third kappa shape index (κ3) is 2.47. The lowest BCUT2D eigenvalue weighted by Crippen LogP contribution is -2.18. The Bertz CT molecular complexity index is 339. The number of carbonyl (C=O) groups is 1. The summed E-state index contributed by atoms with van der Waals surface area (Å²) in [5.74, 6) is 0. The topological polar surface area (TPSA) is 20.3 Å². The normalized spacial score (nSPS) is 17.1. The summed E-state index contributed by atoms with van der Waals surface area (Å²) in [4.78, 5) is 15.5. The Labute approximate surface area is 94.9 Å². The SMILES string of the molecule is CCc1sc(C=O)cc1CN1CCCC1. The van der Waals surface area contributed by atoms with Crippen LogP contribution in [0.25, 0.3) is 0 Å². The van der Waals surface area contributed by atoms with E-state index in [2.05, 4.69) is 17.9 Å². The first-order valence-electron chi connectivity index (χ1n) is 5.62. The highest BCUT2D eigenvalue weighted by Gasteiger charge is 2.15. The van der Waals surface area contributed by atoms with E-state index in [1.54, 1.807) is 11.3 Å². The fourth-order valence-electron chi connectivity index (χ4n) is 2.16. The molecule has 2 nitrogen and oxygen atoms in total. The maximum Gasteiger partial charge on any atom is 0.160 e. The van der Waals surface area contributed by atoms with Crippen LogP contribution >= 0.6 is 11.3 Å². The Balaban J connectivity index is 2.11. The zero-order valence-electron chi connectivity index (χ0n) is 9.16. The smallest absolute Gasteiger partial charge is 0.160 e. The molecule has 0 aromatic carbocycles. The minimum atomic E-state index is 0.876. The van der Waals surface area contributed by atoms with E-state index in [-0.39, 0.29) is 0 Å². The van der Waals surface area contributed by atoms with Gasteiger partial charge in [0.2, 0.25) is 0 Å². The van der Waals surface area contributed by atoms with E-state index in [4.69, 9.17) is 0 Å². The monoisotopic (exact) mass is 223 g/mol. The highest BCUT2D eigenvalue weighted by Crippen LogP contribution is 2.24. The predicted octanol–water partition coefficient (Wildman–Crippen LogP) is 2.72. The van der Waals surface area contributed by atoms with Gasteiger partial charge in [-0.05, 0) is 44.0 Å². The van der Waals surface area contributed by atoms with Gasteiger partial charge in [-0.1, -0.05) is 6.92 Å². The molecule has 2 rings (SSSR count). The van der Waals surface area contributed by atoms with Crippen molar-refractivity contribution in [1.29, 1.82) is 0 Å². The molecular weight excluding hydrogens is 206 g/mol. The molecule has 1 fully saturated rings. The Morgan fingerprint density at radius 3 is 2.80 bits per heavy atom. The van der Waals surface area contributed by atoms with Crippen LogP contribution in [0.4, 0.5) is 0 Å². The van der Waals surface area contributed by atoms with E-state index in [9.17, 15) is 4.79 Å². The Morgan fingerprint density at radius 1 is 1.47 bits per heavy atom. The number of thiophene rings is 1. The molecule has 1 aliphatic rings. The molecule has 0 amide bonds. The average molecular weight is 223 g/mol. The molecule has 0 unspecified atom stereocenters. The third-order valence-electron chi connectivity index (χ3n) is 2.95. The second-order valence-corrected chi connectivity index (χ2v) is 5.22. The number of carbonyl (C=O) groups excluding carboxylic acids is 1. The molecule has 1 saturated heterocycles. The molecule has 1 aromatic heterocycles. The number of rotatable bonds is 4. The van der Waals surface area contributed by atoms with Crippen molar-refractivity contribution in [3.63, 3.8) is 0 Å². The van der Waals surface area contributed by atoms with Crippen molar-refractivity contribution < 1.29 is 4.79 Å². The Morgan fingerprint density at radius 2 is 2.20 bits per heavy atom. The van der Waals surface area contributed by atoms with Gasteiger partial charge in [-0.15, -0.1) is 11.3 Å². The molecule has 1 aromatic rings. The number of aldehydes is 1. The molecule has 15 heavy (non-hydrogen) atoms. The van der Waals surface area contributed by atoms with E-state index in [1.807, 2.05) is 0 Å². The molecule has 0 spiro atoms. The molecule has 82 valence electrons. The summed E-state index contributed by atoms with van der Waals surface area (Å²) in [5, 5.41) is 0. The number of hydrogen-bond donors (Lipinski definition) is 0. The molecular formula is C12H17NOS. The van der Waals surface area contributed by atoms with Gasteiger partial charge in [0, 0.05) is 11.4 Å². The number of nitrogens with zero attached hydrogens (tertiary/aromatic N) is 1. The van der Waals surface area contributed by atoms with Crippen molar-refractivity contribution in [3.8, 4) is 0 Å². The zero-order valence-corrected chi connectivity index (χ0v) is 9.98. The maximum atomic E-state index is 10.7. The Hall–Kier alpha value is -0.670. The van der Waals surface area contributed by atoms with Crippen molar-refractivity contribution in [2.75, 3.05) is 13.1 Å². The molecule has 0 aliphatic carbocycles. The molecule has 1 aliphatic heterocycles. The van der Waals surface area contributed by atoms with Gasteiger partial charge in [-0.3, -0.25) is 9.69 Å². The van der Waals surface area contributed by atoms with Gasteiger partial charge in [-0.25, -0.2) is 0 Å². The highest BCUT2D eigenvalue weighted by atomic mass is 32.1. The van der Waals surface area contributed by atoms with Gasteiger partial charge < -0.3 is 0 Å². The van der Waals surface area contributed by atoms with E-state index < -0.39 is 0 Å². The zero-order chi connectivity index (χ0) is 10.7. The summed E-state index contributed by atoms with van der Waals surface area (Å²) < 4.78 is 0. The van der Waals surface area contributed by atoms with Gasteiger partial charge in [0.25, 0.3) is 0 Å². The summed E-state index contributed by atoms with van der Waals surface area (Å²) >= 11 is 1.65. The highest BCUT2D eigenvalue weighted by molar-refractivity contribution is 7.13. The summed E-state index contributed by atoms with van der Waals surface area (Å²) in [5.41, 5.74) is 1.37. The standard InChI is InChI=1S/C12H17NOS/c1-2-12-10(7-11(9-14)15-12)8-13-5-3-4-6-13/h7,9H,2-6,8H2,1H3. The second-order valence-electron chi connectivity index (χ2n) is 4.05. The lowest BCUT2D eigenvalue weighted by Gasteiger charge is -2.14. The second kappa shape index (κ2) is 4.90. The summed E-state index contributed by atoms with van der Waals surface area (Å²) in [6, 6.07) is 2.06. The minimum absolute atomic E-state index is 0.876. The van der Waals surface area contributed by atoms with Crippen LogP contribution in [0.15, 0.2) is 6.07 Å². The summed E-state index contributed by atoms with van der Waals surface area (Å²) in [6.07, 6.45) is 4.66. The van der Waals surface area contributed by atoms with Crippen molar-refractivity contribution in [1.82, 2.24) is 4.90 Å². The first-order valence-corrected chi connectivity index (χ1v) is 6.44. The van der Waals surface area contributed by atoms with Crippen molar-refractivity contribution >= 4 is 17.6 Å². The molecule has 0 radical (unpaired) electrons. The molecule has 0 atom stereocenters. The van der Waals surface area contributed by atoms with E-state index in [1.165, 1.54) is 36.4 Å². The van der Waals surface area contributed by atoms with Crippen LogP contribution in [0, 0.1) is 0 Å². The molecule has 3 heteroatoms. The maximum absolute atomic E-state index is 10.7. The van der Waals surface area contributed by atoms with Gasteiger partial charge in [0.1, 0.15) is 0 Å². The third-order valence-corrected chi connectivity index (χ3v) is 4.19. The van der Waals surface area contributed by atoms with Crippen LogP contribution in [0.5, 0.6) is 0 Å². The summed E-state index contributed by atoms with van der Waals surface area (Å²) in [7, 11) is 0. The predicted molar refractivity (Wildman–Crippen MR) is 63.6 cm³/mol. The van der Waals surface area contributed by atoms with E-state index in [0.29, 0.717) is 0 Å². The summed E-state index contributed by atoms with van der Waals surface area (Å²) in [6.45, 7) is 5.63. The van der Waals surface area contributed by atoms with Gasteiger partial charge >= 0.3 is 0 Å². The van der Waals surface area contributed by atoms with Crippen LogP contribution < -0.4 is 0 Å². The van der Waals surface area contributed by atoms with E-state index in [0.717, 1.165) is 24.1 Å². The molecule has 0 N–H and O–H groups in total. The molecule has 0 bridgehead atoms.